The number of ether oxygens (including phenoxy) is 2. The second kappa shape index (κ2) is 8.20. The maximum atomic E-state index is 10.8. The van der Waals surface area contributed by atoms with Crippen LogP contribution in [0.15, 0.2) is 24.3 Å². The van der Waals surface area contributed by atoms with Gasteiger partial charge in [-0.25, -0.2) is 0 Å². The van der Waals surface area contributed by atoms with Crippen molar-refractivity contribution in [2.75, 3.05) is 20.2 Å². The smallest absolute Gasteiger partial charge is 0.165 e. The topological polar surface area (TPSA) is 41.9 Å². The number of aliphatic hydroxyl groups is 1. The summed E-state index contributed by atoms with van der Waals surface area (Å²) >= 11 is 0. The highest BCUT2D eigenvalue weighted by molar-refractivity contribution is 5.62. The summed E-state index contributed by atoms with van der Waals surface area (Å²) in [6.07, 6.45) is 14.6. The fraction of sp³-hybridized carbons (Fsp3) is 0.692. The van der Waals surface area contributed by atoms with E-state index in [0.29, 0.717) is 12.0 Å². The van der Waals surface area contributed by atoms with Crippen LogP contribution < -0.4 is 9.47 Å². The van der Waals surface area contributed by atoms with Crippen molar-refractivity contribution in [2.24, 2.45) is 5.92 Å². The first-order chi connectivity index (χ1) is 14.7. The fourth-order valence-corrected chi connectivity index (χ4v) is 6.58. The first-order valence-corrected chi connectivity index (χ1v) is 12.2. The van der Waals surface area contributed by atoms with Crippen molar-refractivity contribution >= 4 is 0 Å². The quantitative estimate of drug-likeness (QED) is 0.475. The maximum Gasteiger partial charge on any atom is 0.165 e. The van der Waals surface area contributed by atoms with Crippen LogP contribution in [0.2, 0.25) is 0 Å². The molecule has 1 aromatic carbocycles. The van der Waals surface area contributed by atoms with E-state index < -0.39 is 6.10 Å². The molecule has 1 aromatic rings. The zero-order chi connectivity index (χ0) is 20.7. The van der Waals surface area contributed by atoms with Gasteiger partial charge < -0.3 is 19.5 Å². The van der Waals surface area contributed by atoms with Crippen LogP contribution in [-0.2, 0) is 11.8 Å². The first kappa shape index (κ1) is 20.4. The van der Waals surface area contributed by atoms with E-state index in [1.807, 2.05) is 6.08 Å². The molecule has 0 unspecified atom stereocenters. The van der Waals surface area contributed by atoms with E-state index in [4.69, 9.17) is 9.47 Å². The largest absolute Gasteiger partial charge is 0.490 e. The number of hydrogen-bond donors (Lipinski definition) is 1. The van der Waals surface area contributed by atoms with E-state index in [2.05, 4.69) is 37.1 Å². The Bertz CT molecular complexity index is 806. The van der Waals surface area contributed by atoms with Crippen molar-refractivity contribution in [2.45, 2.75) is 88.4 Å². The van der Waals surface area contributed by atoms with Gasteiger partial charge in [-0.05, 0) is 44.5 Å². The zero-order valence-corrected chi connectivity index (χ0v) is 18.6. The predicted octanol–water partition coefficient (Wildman–Crippen LogP) is 4.62. The lowest BCUT2D eigenvalue weighted by Gasteiger charge is -2.56. The molecule has 30 heavy (non-hydrogen) atoms. The molecule has 5 rings (SSSR count). The summed E-state index contributed by atoms with van der Waals surface area (Å²) in [7, 11) is 2.24. The lowest BCUT2D eigenvalue weighted by molar-refractivity contribution is -0.0454. The molecule has 4 heteroatoms. The molecule has 1 N–H and O–H groups in total. The van der Waals surface area contributed by atoms with Crippen LogP contribution in [0.1, 0.15) is 69.4 Å². The Balaban J connectivity index is 1.33. The Morgan fingerprint density at radius 1 is 1.13 bits per heavy atom. The lowest BCUT2D eigenvalue weighted by Crippen LogP contribution is -2.64. The Morgan fingerprint density at radius 3 is 2.77 bits per heavy atom. The van der Waals surface area contributed by atoms with Gasteiger partial charge in [0.1, 0.15) is 12.2 Å². The van der Waals surface area contributed by atoms with Gasteiger partial charge >= 0.3 is 0 Å². The predicted molar refractivity (Wildman–Crippen MR) is 119 cm³/mol. The molecule has 1 spiro atoms. The summed E-state index contributed by atoms with van der Waals surface area (Å²) in [6, 6.07) is 4.87. The van der Waals surface area contributed by atoms with Gasteiger partial charge in [-0.1, -0.05) is 63.7 Å². The third kappa shape index (κ3) is 3.10. The zero-order valence-electron chi connectivity index (χ0n) is 18.6. The van der Waals surface area contributed by atoms with Crippen molar-refractivity contribution < 1.29 is 14.6 Å². The molecule has 2 aliphatic heterocycles. The molecule has 1 fully saturated rings. The van der Waals surface area contributed by atoms with E-state index in [-0.39, 0.29) is 11.5 Å². The highest BCUT2D eigenvalue weighted by Crippen LogP contribution is 2.62. The minimum absolute atomic E-state index is 0.0904. The average molecular weight is 412 g/mol. The molecule has 164 valence electrons. The number of likely N-dealkylation sites (N-methyl/N-ethyl adjacent to an activating group) is 1. The standard InChI is InChI=1S/C26H37NO3/c1-3-4-5-6-7-8-9-16-29-22-13-10-18-17-20-19-11-12-21(28)25-26(19,14-15-27(20)2)23(18)24(22)30-25/h10-13,19-21,25,28H,3-9,14-17H2,1-2H3/t19-,20+,21-,25-,26-/m0/s1. The summed E-state index contributed by atoms with van der Waals surface area (Å²) in [4.78, 5) is 2.50. The Hall–Kier alpha value is -1.52. The molecule has 2 aliphatic carbocycles. The van der Waals surface area contributed by atoms with Gasteiger partial charge in [0.15, 0.2) is 11.5 Å². The molecule has 2 bridgehead atoms. The number of rotatable bonds is 9. The van der Waals surface area contributed by atoms with E-state index >= 15 is 0 Å². The molecule has 4 nitrogen and oxygen atoms in total. The fourth-order valence-electron chi connectivity index (χ4n) is 6.58. The van der Waals surface area contributed by atoms with Crippen LogP contribution in [0, 0.1) is 5.92 Å². The third-order valence-corrected chi connectivity index (χ3v) is 8.14. The van der Waals surface area contributed by atoms with Crippen LogP contribution in [0.4, 0.5) is 0 Å². The van der Waals surface area contributed by atoms with Crippen molar-refractivity contribution in [1.82, 2.24) is 4.90 Å². The molecule has 4 aliphatic rings. The van der Waals surface area contributed by atoms with Crippen LogP contribution in [-0.4, -0.2) is 48.5 Å². The molecular weight excluding hydrogens is 374 g/mol. The maximum absolute atomic E-state index is 10.8. The highest BCUT2D eigenvalue weighted by Gasteiger charge is 2.64. The van der Waals surface area contributed by atoms with Gasteiger partial charge in [0.2, 0.25) is 0 Å². The first-order valence-electron chi connectivity index (χ1n) is 12.2. The number of unbranched alkanes of at least 4 members (excludes halogenated alkanes) is 6. The molecule has 5 atom stereocenters. The summed E-state index contributed by atoms with van der Waals surface area (Å²) < 4.78 is 12.8. The van der Waals surface area contributed by atoms with Gasteiger partial charge in [0.25, 0.3) is 0 Å². The Labute approximate surface area is 181 Å². The monoisotopic (exact) mass is 411 g/mol. The minimum Gasteiger partial charge on any atom is -0.490 e. The minimum atomic E-state index is -0.542. The van der Waals surface area contributed by atoms with Gasteiger partial charge in [0, 0.05) is 22.9 Å². The van der Waals surface area contributed by atoms with E-state index in [0.717, 1.165) is 43.9 Å². The second-order valence-corrected chi connectivity index (χ2v) is 9.88. The van der Waals surface area contributed by atoms with Crippen LogP contribution in [0.5, 0.6) is 11.5 Å². The molecule has 0 radical (unpaired) electrons. The SMILES string of the molecule is CCCCCCCCCOc1ccc2c3c1O[C@H]1[C@@H](O)C=C[C@H]4[C@@H](C2)N(C)CC[C@@]341. The number of aliphatic hydroxyl groups excluding tert-OH is 1. The van der Waals surface area contributed by atoms with Crippen molar-refractivity contribution in [3.63, 3.8) is 0 Å². The van der Waals surface area contributed by atoms with Gasteiger partial charge in [0.05, 0.1) is 6.61 Å². The third-order valence-electron chi connectivity index (χ3n) is 8.14. The molecular formula is C26H37NO3. The average Bonchev–Trinajstić information content (AvgIpc) is 3.10. The van der Waals surface area contributed by atoms with Crippen molar-refractivity contribution in [1.29, 1.82) is 0 Å². The van der Waals surface area contributed by atoms with Gasteiger partial charge in [-0.2, -0.15) is 0 Å². The second-order valence-electron chi connectivity index (χ2n) is 9.88. The molecule has 0 saturated carbocycles. The molecule has 0 amide bonds. The number of nitrogens with zero attached hydrogens (tertiary/aromatic N) is 1. The normalized spacial score (nSPS) is 33.3. The number of piperidine rings is 1. The summed E-state index contributed by atoms with van der Waals surface area (Å²) in [5.41, 5.74) is 2.65. The Morgan fingerprint density at radius 2 is 1.93 bits per heavy atom. The van der Waals surface area contributed by atoms with E-state index in [1.54, 1.807) is 0 Å². The van der Waals surface area contributed by atoms with Gasteiger partial charge in [-0.15, -0.1) is 0 Å². The summed E-state index contributed by atoms with van der Waals surface area (Å²) in [6.45, 7) is 4.07. The summed E-state index contributed by atoms with van der Waals surface area (Å²) in [5, 5.41) is 10.8. The molecule has 1 saturated heterocycles. The number of benzene rings is 1. The number of likely N-dealkylation sites (tertiary alicyclic amines) is 1. The van der Waals surface area contributed by atoms with Crippen LogP contribution >= 0.6 is 0 Å². The number of hydrogen-bond acceptors (Lipinski definition) is 4. The van der Waals surface area contributed by atoms with Crippen molar-refractivity contribution in [3.8, 4) is 11.5 Å². The van der Waals surface area contributed by atoms with E-state index in [1.165, 1.54) is 49.7 Å². The molecule has 2 heterocycles. The van der Waals surface area contributed by atoms with Gasteiger partial charge in [-0.3, -0.25) is 0 Å². The lowest BCUT2D eigenvalue weighted by atomic mass is 9.53. The van der Waals surface area contributed by atoms with E-state index in [9.17, 15) is 5.11 Å². The van der Waals surface area contributed by atoms with Crippen LogP contribution in [0.25, 0.3) is 0 Å². The summed E-state index contributed by atoms with van der Waals surface area (Å²) in [5.74, 6) is 2.22. The van der Waals surface area contributed by atoms with Crippen LogP contribution in [0.3, 0.4) is 0 Å². The highest BCUT2D eigenvalue weighted by atomic mass is 16.5. The van der Waals surface area contributed by atoms with Crippen molar-refractivity contribution in [3.05, 3.63) is 35.4 Å². The molecule has 0 aromatic heterocycles. The Kier molecular flexibility index (Phi) is 5.57.